The van der Waals surface area contributed by atoms with Gasteiger partial charge in [0.1, 0.15) is 12.6 Å². The van der Waals surface area contributed by atoms with Crippen LogP contribution in [0.2, 0.25) is 0 Å². The Kier molecular flexibility index (Phi) is 8.08. The number of amides is 3. The van der Waals surface area contributed by atoms with Crippen LogP contribution in [0, 0.1) is 5.92 Å². The van der Waals surface area contributed by atoms with Gasteiger partial charge < -0.3 is 15.4 Å². The summed E-state index contributed by atoms with van der Waals surface area (Å²) in [5, 5.41) is 9.74. The maximum Gasteiger partial charge on any atom is 0.408 e. The molecule has 1 unspecified atom stereocenters. The molecule has 0 aromatic heterocycles. The third kappa shape index (κ3) is 6.79. The van der Waals surface area contributed by atoms with Crippen molar-refractivity contribution >= 4 is 29.3 Å². The monoisotopic (exact) mass is 484 g/mol. The fourth-order valence-corrected chi connectivity index (χ4v) is 3.92. The predicted octanol–water partition coefficient (Wildman–Crippen LogP) is 4.02. The maximum absolute atomic E-state index is 13.1. The maximum atomic E-state index is 13.1. The summed E-state index contributed by atoms with van der Waals surface area (Å²) < 4.78 is 5.32. The Morgan fingerprint density at radius 3 is 2.25 bits per heavy atom. The first-order chi connectivity index (χ1) is 17.5. The van der Waals surface area contributed by atoms with E-state index in [-0.39, 0.29) is 24.3 Å². The van der Waals surface area contributed by atoms with Gasteiger partial charge in [-0.3, -0.25) is 9.59 Å². The van der Waals surface area contributed by atoms with Gasteiger partial charge in [0.15, 0.2) is 0 Å². The van der Waals surface area contributed by atoms with Crippen LogP contribution < -0.4 is 16.1 Å². The number of alkyl carbamates (subject to hydrolysis) is 1. The Labute approximate surface area is 209 Å². The summed E-state index contributed by atoms with van der Waals surface area (Å²) in [5.41, 5.74) is 6.50. The SMILES string of the molecule is CC1CC(=O)NN=C1c1ccc(NC(=O)[C@@H](Cc2ccccc2)NC(=O)OCc2ccccc2)cc1. The zero-order valence-electron chi connectivity index (χ0n) is 19.9. The first-order valence-electron chi connectivity index (χ1n) is 11.8. The van der Waals surface area contributed by atoms with Crippen LogP contribution in [-0.4, -0.2) is 29.7 Å². The van der Waals surface area contributed by atoms with E-state index in [2.05, 4.69) is 21.2 Å². The Bertz CT molecular complexity index is 1230. The molecule has 0 fully saturated rings. The van der Waals surface area contributed by atoms with Crippen molar-refractivity contribution < 1.29 is 19.1 Å². The topological polar surface area (TPSA) is 109 Å². The molecule has 3 amide bonds. The van der Waals surface area contributed by atoms with Gasteiger partial charge in [0.25, 0.3) is 0 Å². The minimum atomic E-state index is -0.840. The van der Waals surface area contributed by atoms with E-state index < -0.39 is 12.1 Å². The molecule has 8 nitrogen and oxygen atoms in total. The minimum Gasteiger partial charge on any atom is -0.445 e. The van der Waals surface area contributed by atoms with Crippen LogP contribution in [0.4, 0.5) is 10.5 Å². The summed E-state index contributed by atoms with van der Waals surface area (Å²) in [6, 6.07) is 25.2. The van der Waals surface area contributed by atoms with Crippen LogP contribution in [0.15, 0.2) is 90.0 Å². The van der Waals surface area contributed by atoms with E-state index >= 15 is 0 Å². The molecule has 36 heavy (non-hydrogen) atoms. The fourth-order valence-electron chi connectivity index (χ4n) is 3.92. The zero-order valence-corrected chi connectivity index (χ0v) is 19.9. The molecule has 0 bridgehead atoms. The summed E-state index contributed by atoms with van der Waals surface area (Å²) in [4.78, 5) is 37.1. The van der Waals surface area contributed by atoms with Gasteiger partial charge in [-0.05, 0) is 28.8 Å². The van der Waals surface area contributed by atoms with Crippen molar-refractivity contribution in [2.45, 2.75) is 32.4 Å². The number of hydrogen-bond acceptors (Lipinski definition) is 5. The number of hydrazone groups is 1. The number of nitrogens with zero attached hydrogens (tertiary/aromatic N) is 1. The van der Waals surface area contributed by atoms with Crippen molar-refractivity contribution in [3.8, 4) is 0 Å². The van der Waals surface area contributed by atoms with Crippen LogP contribution in [0.25, 0.3) is 0 Å². The molecule has 0 aliphatic carbocycles. The van der Waals surface area contributed by atoms with Gasteiger partial charge in [0, 0.05) is 24.4 Å². The molecule has 0 radical (unpaired) electrons. The third-order valence-corrected chi connectivity index (χ3v) is 5.81. The molecular weight excluding hydrogens is 456 g/mol. The largest absolute Gasteiger partial charge is 0.445 e. The van der Waals surface area contributed by atoms with E-state index in [0.29, 0.717) is 18.5 Å². The van der Waals surface area contributed by atoms with Gasteiger partial charge >= 0.3 is 6.09 Å². The van der Waals surface area contributed by atoms with E-state index in [9.17, 15) is 14.4 Å². The van der Waals surface area contributed by atoms with Gasteiger partial charge in [-0.2, -0.15) is 5.10 Å². The lowest BCUT2D eigenvalue weighted by Crippen LogP contribution is -2.45. The van der Waals surface area contributed by atoms with Crippen molar-refractivity contribution in [2.75, 3.05) is 5.32 Å². The highest BCUT2D eigenvalue weighted by atomic mass is 16.5. The number of anilines is 1. The van der Waals surface area contributed by atoms with Gasteiger partial charge in [0.2, 0.25) is 11.8 Å². The molecule has 4 rings (SSSR count). The molecule has 0 spiro atoms. The van der Waals surface area contributed by atoms with Crippen LogP contribution in [0.5, 0.6) is 0 Å². The van der Waals surface area contributed by atoms with E-state index in [0.717, 1.165) is 22.4 Å². The molecule has 184 valence electrons. The second kappa shape index (κ2) is 11.8. The van der Waals surface area contributed by atoms with Crippen molar-refractivity contribution in [1.29, 1.82) is 0 Å². The first kappa shape index (κ1) is 24.7. The van der Waals surface area contributed by atoms with E-state index in [1.807, 2.05) is 79.7 Å². The molecule has 1 heterocycles. The lowest BCUT2D eigenvalue weighted by molar-refractivity contribution is -0.122. The third-order valence-electron chi connectivity index (χ3n) is 5.81. The van der Waals surface area contributed by atoms with E-state index in [1.54, 1.807) is 12.1 Å². The predicted molar refractivity (Wildman–Crippen MR) is 137 cm³/mol. The Morgan fingerprint density at radius 2 is 1.61 bits per heavy atom. The summed E-state index contributed by atoms with van der Waals surface area (Å²) in [6.45, 7) is 2.06. The number of rotatable bonds is 8. The average Bonchev–Trinajstić information content (AvgIpc) is 2.89. The molecule has 1 aliphatic rings. The molecule has 8 heteroatoms. The molecule has 3 aromatic carbocycles. The van der Waals surface area contributed by atoms with Crippen LogP contribution >= 0.6 is 0 Å². The highest BCUT2D eigenvalue weighted by Gasteiger charge is 2.24. The number of benzene rings is 3. The molecular formula is C28H28N4O4. The normalized spacial score (nSPS) is 15.8. The molecule has 3 aromatic rings. The van der Waals surface area contributed by atoms with Crippen LogP contribution in [-0.2, 0) is 27.4 Å². The van der Waals surface area contributed by atoms with Crippen molar-refractivity contribution in [2.24, 2.45) is 11.0 Å². The van der Waals surface area contributed by atoms with Gasteiger partial charge in [-0.25, -0.2) is 10.2 Å². The second-order valence-electron chi connectivity index (χ2n) is 8.65. The van der Waals surface area contributed by atoms with Gasteiger partial charge in [-0.15, -0.1) is 0 Å². The number of carbonyl (C=O) groups is 3. The Morgan fingerprint density at radius 1 is 0.972 bits per heavy atom. The average molecular weight is 485 g/mol. The Hall–Kier alpha value is -4.46. The summed E-state index contributed by atoms with van der Waals surface area (Å²) in [5.74, 6) is -0.464. The molecule has 0 saturated carbocycles. The summed E-state index contributed by atoms with van der Waals surface area (Å²) in [7, 11) is 0. The van der Waals surface area contributed by atoms with Crippen molar-refractivity contribution in [3.05, 3.63) is 102 Å². The molecule has 3 N–H and O–H groups in total. The molecule has 1 aliphatic heterocycles. The lowest BCUT2D eigenvalue weighted by Gasteiger charge is -2.20. The number of nitrogens with one attached hydrogen (secondary N) is 3. The first-order valence-corrected chi connectivity index (χ1v) is 11.8. The fraction of sp³-hybridized carbons (Fsp3) is 0.214. The summed E-state index contributed by atoms with van der Waals surface area (Å²) >= 11 is 0. The smallest absolute Gasteiger partial charge is 0.408 e. The highest BCUT2D eigenvalue weighted by Crippen LogP contribution is 2.19. The Balaban J connectivity index is 1.42. The quantitative estimate of drug-likeness (QED) is 0.449. The summed E-state index contributed by atoms with van der Waals surface area (Å²) in [6.07, 6.45) is 0.0145. The standard InChI is InChI=1S/C28H28N4O4/c1-19-16-25(33)31-32-26(19)22-12-14-23(15-13-22)29-27(34)24(17-20-8-4-2-5-9-20)30-28(35)36-18-21-10-6-3-7-11-21/h2-15,19,24H,16-18H2,1H3,(H,29,34)(H,30,35)(H,31,33)/t19?,24-/m1/s1. The van der Waals surface area contributed by atoms with Crippen LogP contribution in [0.1, 0.15) is 30.0 Å². The zero-order chi connectivity index (χ0) is 25.3. The van der Waals surface area contributed by atoms with Crippen molar-refractivity contribution in [1.82, 2.24) is 10.7 Å². The van der Waals surface area contributed by atoms with Gasteiger partial charge in [0.05, 0.1) is 5.71 Å². The van der Waals surface area contributed by atoms with E-state index in [4.69, 9.17) is 4.74 Å². The lowest BCUT2D eigenvalue weighted by atomic mass is 9.94. The van der Waals surface area contributed by atoms with Crippen LogP contribution in [0.3, 0.4) is 0 Å². The van der Waals surface area contributed by atoms with E-state index in [1.165, 1.54) is 0 Å². The second-order valence-corrected chi connectivity index (χ2v) is 8.65. The van der Waals surface area contributed by atoms with Crippen molar-refractivity contribution in [3.63, 3.8) is 0 Å². The molecule has 2 atom stereocenters. The number of hydrogen-bond donors (Lipinski definition) is 3. The number of carbonyl (C=O) groups excluding carboxylic acids is 3. The number of ether oxygens (including phenoxy) is 1. The van der Waals surface area contributed by atoms with Gasteiger partial charge in [-0.1, -0.05) is 79.7 Å². The highest BCUT2D eigenvalue weighted by molar-refractivity contribution is 6.06. The minimum absolute atomic E-state index is 0.000502. The molecule has 0 saturated heterocycles.